The molecule has 2 saturated carbocycles. The maximum atomic E-state index is 13.4. The van der Waals surface area contributed by atoms with Crippen LogP contribution >= 0.6 is 0 Å². The fourth-order valence-electron chi connectivity index (χ4n) is 4.96. The summed E-state index contributed by atoms with van der Waals surface area (Å²) in [6.45, 7) is 3.86. The van der Waals surface area contributed by atoms with Crippen LogP contribution in [0.2, 0.25) is 0 Å². The van der Waals surface area contributed by atoms with Gasteiger partial charge >= 0.3 is 0 Å². The van der Waals surface area contributed by atoms with Gasteiger partial charge in [-0.3, -0.25) is 9.48 Å². The van der Waals surface area contributed by atoms with Crippen LogP contribution in [0.1, 0.15) is 66.2 Å². The van der Waals surface area contributed by atoms with E-state index in [-0.39, 0.29) is 5.91 Å². The van der Waals surface area contributed by atoms with Gasteiger partial charge in [-0.2, -0.15) is 5.10 Å². The van der Waals surface area contributed by atoms with Gasteiger partial charge in [0.05, 0.1) is 16.6 Å². The SMILES string of the molecule is Cc1nn(C)c2nc(C3CC3)cc(C(=O)N3CC4CCCCC4C3)c12. The van der Waals surface area contributed by atoms with Crippen molar-refractivity contribution in [1.82, 2.24) is 19.7 Å². The number of pyridine rings is 1. The topological polar surface area (TPSA) is 51.0 Å². The molecule has 0 aromatic carbocycles. The Bertz CT molecular complexity index is 837. The number of hydrogen-bond acceptors (Lipinski definition) is 3. The van der Waals surface area contributed by atoms with E-state index in [9.17, 15) is 4.79 Å². The number of aryl methyl sites for hydroxylation is 2. The minimum absolute atomic E-state index is 0.194. The van der Waals surface area contributed by atoms with E-state index in [1.807, 2.05) is 18.7 Å². The predicted molar refractivity (Wildman–Crippen MR) is 96.6 cm³/mol. The molecule has 2 aliphatic carbocycles. The van der Waals surface area contributed by atoms with Gasteiger partial charge in [-0.1, -0.05) is 12.8 Å². The maximum absolute atomic E-state index is 13.4. The molecule has 3 fully saturated rings. The molecule has 2 unspecified atom stereocenters. The summed E-state index contributed by atoms with van der Waals surface area (Å²) in [7, 11) is 1.93. The second-order valence-corrected chi connectivity index (χ2v) is 8.29. The predicted octanol–water partition coefficient (Wildman–Crippen LogP) is 3.42. The zero-order chi connectivity index (χ0) is 17.1. The number of aromatic nitrogens is 3. The first-order chi connectivity index (χ1) is 12.1. The molecule has 0 N–H and O–H groups in total. The molecule has 3 aliphatic rings. The van der Waals surface area contributed by atoms with Gasteiger partial charge in [0.25, 0.3) is 5.91 Å². The summed E-state index contributed by atoms with van der Waals surface area (Å²) in [5.41, 5.74) is 3.68. The quantitative estimate of drug-likeness (QED) is 0.843. The second-order valence-electron chi connectivity index (χ2n) is 8.29. The van der Waals surface area contributed by atoms with Crippen molar-refractivity contribution in [1.29, 1.82) is 0 Å². The fraction of sp³-hybridized carbons (Fsp3) is 0.650. The van der Waals surface area contributed by atoms with Gasteiger partial charge in [-0.15, -0.1) is 0 Å². The van der Waals surface area contributed by atoms with Crippen LogP contribution in [0.25, 0.3) is 11.0 Å². The summed E-state index contributed by atoms with van der Waals surface area (Å²) >= 11 is 0. The lowest BCUT2D eigenvalue weighted by molar-refractivity contribution is 0.0785. The van der Waals surface area contributed by atoms with Gasteiger partial charge in [0.15, 0.2) is 5.65 Å². The molecule has 0 radical (unpaired) electrons. The minimum Gasteiger partial charge on any atom is -0.338 e. The second kappa shape index (κ2) is 5.55. The third-order valence-corrected chi connectivity index (χ3v) is 6.48. The molecule has 5 rings (SSSR count). The number of rotatable bonds is 2. The average molecular weight is 338 g/mol. The Balaban J connectivity index is 1.56. The first-order valence-corrected chi connectivity index (χ1v) is 9.75. The van der Waals surface area contributed by atoms with E-state index in [4.69, 9.17) is 4.98 Å². The number of fused-ring (bicyclic) bond motifs is 2. The number of hydrogen-bond donors (Lipinski definition) is 0. The summed E-state index contributed by atoms with van der Waals surface area (Å²) in [4.78, 5) is 20.4. The Kier molecular flexibility index (Phi) is 3.41. The van der Waals surface area contributed by atoms with Crippen molar-refractivity contribution in [3.8, 4) is 0 Å². The highest BCUT2D eigenvalue weighted by molar-refractivity contribution is 6.06. The van der Waals surface area contributed by atoms with E-state index in [0.717, 1.165) is 41.1 Å². The van der Waals surface area contributed by atoms with Crippen molar-refractivity contribution in [3.05, 3.63) is 23.0 Å². The van der Waals surface area contributed by atoms with Crippen LogP contribution in [-0.4, -0.2) is 38.7 Å². The van der Waals surface area contributed by atoms with Crippen molar-refractivity contribution < 1.29 is 4.79 Å². The Morgan fingerprint density at radius 2 is 1.80 bits per heavy atom. The molecule has 2 atom stereocenters. The van der Waals surface area contributed by atoms with Crippen molar-refractivity contribution in [2.75, 3.05) is 13.1 Å². The lowest BCUT2D eigenvalue weighted by Crippen LogP contribution is -2.29. The molecule has 2 aromatic heterocycles. The Morgan fingerprint density at radius 3 is 2.44 bits per heavy atom. The first-order valence-electron chi connectivity index (χ1n) is 9.75. The molecular weight excluding hydrogens is 312 g/mol. The van der Waals surface area contributed by atoms with Crippen molar-refractivity contribution >= 4 is 16.9 Å². The standard InChI is InChI=1S/C20H26N4O/c1-12-18-16(9-17(13-7-8-13)21-19(18)23(2)22-12)20(25)24-10-14-5-3-4-6-15(14)11-24/h9,13-15H,3-8,10-11H2,1-2H3. The van der Waals surface area contributed by atoms with Crippen LogP contribution in [-0.2, 0) is 7.05 Å². The highest BCUT2D eigenvalue weighted by atomic mass is 16.2. The summed E-state index contributed by atoms with van der Waals surface area (Å²) in [5.74, 6) is 2.16. The number of amides is 1. The monoisotopic (exact) mass is 338 g/mol. The van der Waals surface area contributed by atoms with E-state index in [1.165, 1.54) is 38.5 Å². The van der Waals surface area contributed by atoms with Crippen LogP contribution in [0, 0.1) is 18.8 Å². The zero-order valence-electron chi connectivity index (χ0n) is 15.2. The normalized spacial score (nSPS) is 26.2. The molecule has 25 heavy (non-hydrogen) atoms. The molecule has 0 spiro atoms. The highest BCUT2D eigenvalue weighted by Crippen LogP contribution is 2.41. The number of likely N-dealkylation sites (tertiary alicyclic amines) is 1. The van der Waals surface area contributed by atoms with Crippen LogP contribution in [0.5, 0.6) is 0 Å². The van der Waals surface area contributed by atoms with Gasteiger partial charge in [-0.05, 0) is 50.5 Å². The molecule has 3 heterocycles. The lowest BCUT2D eigenvalue weighted by Gasteiger charge is -2.22. The van der Waals surface area contributed by atoms with Gasteiger partial charge < -0.3 is 4.90 Å². The molecule has 1 aliphatic heterocycles. The van der Waals surface area contributed by atoms with E-state index < -0.39 is 0 Å². The third-order valence-electron chi connectivity index (χ3n) is 6.48. The smallest absolute Gasteiger partial charge is 0.254 e. The van der Waals surface area contributed by atoms with E-state index in [1.54, 1.807) is 0 Å². The van der Waals surface area contributed by atoms with E-state index in [2.05, 4.69) is 16.1 Å². The van der Waals surface area contributed by atoms with Gasteiger partial charge in [0, 0.05) is 31.7 Å². The summed E-state index contributed by atoms with van der Waals surface area (Å²) in [6.07, 6.45) is 7.62. The molecule has 2 aromatic rings. The Hall–Kier alpha value is -1.91. The molecule has 0 bridgehead atoms. The van der Waals surface area contributed by atoms with Crippen LogP contribution in [0.4, 0.5) is 0 Å². The van der Waals surface area contributed by atoms with Gasteiger partial charge in [-0.25, -0.2) is 4.98 Å². The lowest BCUT2D eigenvalue weighted by atomic mass is 9.82. The Labute approximate surface area is 148 Å². The zero-order valence-corrected chi connectivity index (χ0v) is 15.2. The minimum atomic E-state index is 0.194. The molecule has 132 valence electrons. The van der Waals surface area contributed by atoms with E-state index in [0.29, 0.717) is 17.8 Å². The maximum Gasteiger partial charge on any atom is 0.254 e. The average Bonchev–Trinajstić information content (AvgIpc) is 3.31. The summed E-state index contributed by atoms with van der Waals surface area (Å²) in [5, 5.41) is 5.49. The first kappa shape index (κ1) is 15.4. The molecule has 5 heteroatoms. The fourth-order valence-corrected chi connectivity index (χ4v) is 4.96. The highest BCUT2D eigenvalue weighted by Gasteiger charge is 2.38. The van der Waals surface area contributed by atoms with Crippen LogP contribution in [0.3, 0.4) is 0 Å². The summed E-state index contributed by atoms with van der Waals surface area (Å²) < 4.78 is 1.83. The van der Waals surface area contributed by atoms with Crippen LogP contribution < -0.4 is 0 Å². The van der Waals surface area contributed by atoms with Crippen LogP contribution in [0.15, 0.2) is 6.07 Å². The molecule has 1 amide bonds. The van der Waals surface area contributed by atoms with Gasteiger partial charge in [0.2, 0.25) is 0 Å². The number of nitrogens with zero attached hydrogens (tertiary/aromatic N) is 4. The largest absolute Gasteiger partial charge is 0.338 e. The number of carbonyl (C=O) groups is 1. The number of carbonyl (C=O) groups excluding carboxylic acids is 1. The molecule has 1 saturated heterocycles. The molecule has 5 nitrogen and oxygen atoms in total. The molecular formula is C20H26N4O. The summed E-state index contributed by atoms with van der Waals surface area (Å²) in [6, 6.07) is 2.07. The third kappa shape index (κ3) is 2.47. The van der Waals surface area contributed by atoms with E-state index >= 15 is 0 Å². The Morgan fingerprint density at radius 1 is 1.12 bits per heavy atom. The van der Waals surface area contributed by atoms with Gasteiger partial charge in [0.1, 0.15) is 0 Å². The van der Waals surface area contributed by atoms with Crippen molar-refractivity contribution in [2.45, 2.75) is 51.4 Å². The van der Waals surface area contributed by atoms with Crippen molar-refractivity contribution in [2.24, 2.45) is 18.9 Å². The van der Waals surface area contributed by atoms with Crippen molar-refractivity contribution in [3.63, 3.8) is 0 Å².